The number of esters is 1. The van der Waals surface area contributed by atoms with Gasteiger partial charge >= 0.3 is 5.97 Å². The molecule has 0 aliphatic heterocycles. The highest BCUT2D eigenvalue weighted by Crippen LogP contribution is 2.46. The van der Waals surface area contributed by atoms with Gasteiger partial charge in [-0.1, -0.05) is 6.42 Å². The molecule has 4 heteroatoms. The number of rotatable bonds is 2. The third kappa shape index (κ3) is 1.80. The van der Waals surface area contributed by atoms with Crippen LogP contribution in [0.15, 0.2) is 11.1 Å². The number of hydrogen-bond donors (Lipinski definition) is 1. The van der Waals surface area contributed by atoms with Crippen LogP contribution in [-0.2, 0) is 14.3 Å². The van der Waals surface area contributed by atoms with E-state index in [-0.39, 0.29) is 36.1 Å². The van der Waals surface area contributed by atoms with Crippen molar-refractivity contribution in [3.63, 3.8) is 0 Å². The second-order valence-electron chi connectivity index (χ2n) is 4.87. The third-order valence-corrected chi connectivity index (χ3v) is 4.17. The topological polar surface area (TPSA) is 63.6 Å². The number of carbonyl (C=O) groups is 2. The van der Waals surface area contributed by atoms with Gasteiger partial charge < -0.3 is 9.84 Å². The molecule has 0 radical (unpaired) electrons. The molecule has 3 atom stereocenters. The van der Waals surface area contributed by atoms with Gasteiger partial charge in [-0.05, 0) is 36.8 Å². The van der Waals surface area contributed by atoms with Crippen molar-refractivity contribution in [1.82, 2.24) is 0 Å². The van der Waals surface area contributed by atoms with Gasteiger partial charge in [0.1, 0.15) is 0 Å². The molecule has 0 aromatic heterocycles. The molecule has 0 amide bonds. The quantitative estimate of drug-likeness (QED) is 0.731. The Morgan fingerprint density at radius 3 is 2.76 bits per heavy atom. The molecule has 94 valence electrons. The Bertz CT molecular complexity index is 383. The number of hydrogen-bond acceptors (Lipinski definition) is 4. The smallest absolute Gasteiger partial charge is 0.309 e. The fourth-order valence-corrected chi connectivity index (χ4v) is 3.29. The van der Waals surface area contributed by atoms with E-state index in [0.717, 1.165) is 18.4 Å². The first kappa shape index (κ1) is 12.3. The van der Waals surface area contributed by atoms with Crippen molar-refractivity contribution in [3.8, 4) is 0 Å². The molecule has 17 heavy (non-hydrogen) atoms. The van der Waals surface area contributed by atoms with Crippen LogP contribution in [-0.4, -0.2) is 30.6 Å². The molecule has 0 heterocycles. The highest BCUT2D eigenvalue weighted by molar-refractivity contribution is 6.02. The normalized spacial score (nSPS) is 32.6. The van der Waals surface area contributed by atoms with Crippen molar-refractivity contribution in [1.29, 1.82) is 0 Å². The van der Waals surface area contributed by atoms with Crippen LogP contribution < -0.4 is 0 Å². The SMILES string of the molecule is COC(=O)[C@H]1CCC[C@H]2C(CO)=C(C)C(=O)[C@@H]12. The lowest BCUT2D eigenvalue weighted by molar-refractivity contribution is -0.151. The second-order valence-corrected chi connectivity index (χ2v) is 4.87. The van der Waals surface area contributed by atoms with E-state index >= 15 is 0 Å². The van der Waals surface area contributed by atoms with E-state index in [9.17, 15) is 14.7 Å². The van der Waals surface area contributed by atoms with Gasteiger partial charge in [0.05, 0.1) is 19.6 Å². The Balaban J connectivity index is 2.31. The molecule has 0 spiro atoms. The first-order valence-electron chi connectivity index (χ1n) is 6.04. The lowest BCUT2D eigenvalue weighted by Crippen LogP contribution is -2.36. The maximum atomic E-state index is 12.2. The molecule has 1 N–H and O–H groups in total. The molecule has 0 aromatic carbocycles. The van der Waals surface area contributed by atoms with E-state index in [0.29, 0.717) is 12.0 Å². The maximum absolute atomic E-state index is 12.2. The minimum atomic E-state index is -0.328. The van der Waals surface area contributed by atoms with Crippen molar-refractivity contribution in [2.75, 3.05) is 13.7 Å². The maximum Gasteiger partial charge on any atom is 0.309 e. The molecular formula is C13H18O4. The monoisotopic (exact) mass is 238 g/mol. The summed E-state index contributed by atoms with van der Waals surface area (Å²) in [5.74, 6) is -0.844. The van der Waals surface area contributed by atoms with Gasteiger partial charge in [-0.25, -0.2) is 0 Å². The van der Waals surface area contributed by atoms with Crippen molar-refractivity contribution >= 4 is 11.8 Å². The lowest BCUT2D eigenvalue weighted by atomic mass is 9.71. The second kappa shape index (κ2) is 4.61. The summed E-state index contributed by atoms with van der Waals surface area (Å²) < 4.78 is 4.78. The Morgan fingerprint density at radius 1 is 1.47 bits per heavy atom. The zero-order chi connectivity index (χ0) is 12.6. The van der Waals surface area contributed by atoms with E-state index in [1.807, 2.05) is 0 Å². The molecule has 2 aliphatic rings. The van der Waals surface area contributed by atoms with Crippen LogP contribution >= 0.6 is 0 Å². The number of allylic oxidation sites excluding steroid dienone is 1. The van der Waals surface area contributed by atoms with Crippen LogP contribution in [0.1, 0.15) is 26.2 Å². The molecule has 1 fully saturated rings. The highest BCUT2D eigenvalue weighted by atomic mass is 16.5. The van der Waals surface area contributed by atoms with Crippen molar-refractivity contribution in [3.05, 3.63) is 11.1 Å². The fraction of sp³-hybridized carbons (Fsp3) is 0.692. The number of ketones is 1. The van der Waals surface area contributed by atoms with E-state index in [1.54, 1.807) is 6.92 Å². The zero-order valence-corrected chi connectivity index (χ0v) is 10.2. The summed E-state index contributed by atoms with van der Waals surface area (Å²) in [5, 5.41) is 9.35. The summed E-state index contributed by atoms with van der Waals surface area (Å²) in [6.07, 6.45) is 2.51. The van der Waals surface area contributed by atoms with Crippen LogP contribution in [0.4, 0.5) is 0 Å². The third-order valence-electron chi connectivity index (χ3n) is 4.17. The zero-order valence-electron chi connectivity index (χ0n) is 10.2. The molecule has 0 unspecified atom stereocenters. The molecule has 1 saturated carbocycles. The summed E-state index contributed by atoms with van der Waals surface area (Å²) in [6.45, 7) is 1.67. The van der Waals surface area contributed by atoms with Gasteiger partial charge in [-0.15, -0.1) is 0 Å². The Labute approximate surface area is 101 Å². The van der Waals surface area contributed by atoms with E-state index in [2.05, 4.69) is 0 Å². The summed E-state index contributed by atoms with van der Waals surface area (Å²) in [4.78, 5) is 23.9. The standard InChI is InChI=1S/C13H18O4/c1-7-10(6-14)8-4-3-5-9(13(16)17-2)11(8)12(7)15/h8-9,11,14H,3-6H2,1-2H3/t8-,9-,11+/m0/s1. The van der Waals surface area contributed by atoms with Crippen molar-refractivity contribution < 1.29 is 19.4 Å². The first-order chi connectivity index (χ1) is 8.11. The van der Waals surface area contributed by atoms with Crippen molar-refractivity contribution in [2.45, 2.75) is 26.2 Å². The number of aliphatic hydroxyl groups excluding tert-OH is 1. The molecule has 2 aliphatic carbocycles. The minimum Gasteiger partial charge on any atom is -0.469 e. The predicted molar refractivity (Wildman–Crippen MR) is 61.1 cm³/mol. The Kier molecular flexibility index (Phi) is 3.33. The summed E-state index contributed by atoms with van der Waals surface area (Å²) in [5.41, 5.74) is 1.48. The number of ether oxygens (including phenoxy) is 1. The van der Waals surface area contributed by atoms with E-state index in [1.165, 1.54) is 7.11 Å². The molecular weight excluding hydrogens is 220 g/mol. The number of carbonyl (C=O) groups excluding carboxylic acids is 2. The van der Waals surface area contributed by atoms with Gasteiger partial charge in [0.2, 0.25) is 0 Å². The average Bonchev–Trinajstić information content (AvgIpc) is 2.61. The van der Waals surface area contributed by atoms with Gasteiger partial charge in [-0.2, -0.15) is 0 Å². The van der Waals surface area contributed by atoms with Crippen LogP contribution in [0.3, 0.4) is 0 Å². The van der Waals surface area contributed by atoms with Crippen LogP contribution in [0.25, 0.3) is 0 Å². The molecule has 0 aromatic rings. The summed E-state index contributed by atoms with van der Waals surface area (Å²) in [6, 6.07) is 0. The molecule has 0 bridgehead atoms. The first-order valence-corrected chi connectivity index (χ1v) is 6.04. The van der Waals surface area contributed by atoms with Crippen LogP contribution in [0.2, 0.25) is 0 Å². The molecule has 2 rings (SSSR count). The lowest BCUT2D eigenvalue weighted by Gasteiger charge is -2.32. The van der Waals surface area contributed by atoms with Crippen molar-refractivity contribution in [2.24, 2.45) is 17.8 Å². The summed E-state index contributed by atoms with van der Waals surface area (Å²) in [7, 11) is 1.36. The van der Waals surface area contributed by atoms with E-state index < -0.39 is 0 Å². The van der Waals surface area contributed by atoms with Gasteiger partial charge in [0.15, 0.2) is 5.78 Å². The fourth-order valence-electron chi connectivity index (χ4n) is 3.29. The summed E-state index contributed by atoms with van der Waals surface area (Å²) >= 11 is 0. The largest absolute Gasteiger partial charge is 0.469 e. The average molecular weight is 238 g/mol. The van der Waals surface area contributed by atoms with Gasteiger partial charge in [0, 0.05) is 5.92 Å². The number of fused-ring (bicyclic) bond motifs is 1. The molecule has 4 nitrogen and oxygen atoms in total. The van der Waals surface area contributed by atoms with Gasteiger partial charge in [0.25, 0.3) is 0 Å². The van der Waals surface area contributed by atoms with Gasteiger partial charge in [-0.3, -0.25) is 9.59 Å². The minimum absolute atomic E-state index is 0.0224. The molecule has 0 saturated heterocycles. The highest BCUT2D eigenvalue weighted by Gasteiger charge is 2.48. The Hall–Kier alpha value is -1.16. The number of aliphatic hydroxyl groups is 1. The predicted octanol–water partition coefficient (Wildman–Crippen LogP) is 1.08. The van der Waals surface area contributed by atoms with E-state index in [4.69, 9.17) is 4.74 Å². The number of methoxy groups -OCH3 is 1. The van der Waals surface area contributed by atoms with Crippen LogP contribution in [0, 0.1) is 17.8 Å². The Morgan fingerprint density at radius 2 is 2.18 bits per heavy atom. The van der Waals surface area contributed by atoms with Crippen LogP contribution in [0.5, 0.6) is 0 Å². The number of Topliss-reactive ketones (excluding diaryl/α,β-unsaturated/α-hetero) is 1.